The zero-order valence-corrected chi connectivity index (χ0v) is 17.1. The van der Waals surface area contributed by atoms with Crippen molar-refractivity contribution in [2.75, 3.05) is 0 Å². The Balaban J connectivity index is 2.04. The van der Waals surface area contributed by atoms with Crippen LogP contribution in [0.4, 0.5) is 0 Å². The molecule has 142 valence electrons. The fourth-order valence-electron chi connectivity index (χ4n) is 2.22. The third-order valence-corrected chi connectivity index (χ3v) is 4.46. The van der Waals surface area contributed by atoms with Crippen molar-refractivity contribution >= 4 is 45.6 Å². The largest absolute Gasteiger partial charge is 0.507 e. The molecule has 0 saturated carbocycles. The first kappa shape index (κ1) is 20.9. The standard InChI is InChI=1S/C19H19BrClN3O3/c1-11(2)17(23-18(26)12-3-6-15(21)7-4-12)19(27)24-22-10-13-9-14(20)5-8-16(13)25/h3-11,17,25H,1-2H3,(H,23,26)(H,24,27)/b22-10+. The normalized spacial score (nSPS) is 12.2. The highest BCUT2D eigenvalue weighted by Crippen LogP contribution is 2.20. The van der Waals surface area contributed by atoms with Gasteiger partial charge in [0.15, 0.2) is 0 Å². The summed E-state index contributed by atoms with van der Waals surface area (Å²) in [4.78, 5) is 24.8. The van der Waals surface area contributed by atoms with E-state index in [1.807, 2.05) is 13.8 Å². The maximum absolute atomic E-state index is 12.4. The highest BCUT2D eigenvalue weighted by Gasteiger charge is 2.24. The Labute approximate surface area is 170 Å². The van der Waals surface area contributed by atoms with Crippen LogP contribution in [0, 0.1) is 5.92 Å². The third-order valence-electron chi connectivity index (χ3n) is 3.71. The SMILES string of the molecule is CC(C)C(NC(=O)c1ccc(Cl)cc1)C(=O)N/N=C/c1cc(Br)ccc1O. The molecule has 6 nitrogen and oxygen atoms in total. The monoisotopic (exact) mass is 451 g/mol. The molecule has 2 aromatic rings. The Hall–Kier alpha value is -2.38. The molecule has 0 bridgehead atoms. The Kier molecular flexibility index (Phi) is 7.38. The van der Waals surface area contributed by atoms with Crippen LogP contribution in [0.2, 0.25) is 5.02 Å². The number of rotatable bonds is 6. The summed E-state index contributed by atoms with van der Waals surface area (Å²) in [7, 11) is 0. The Morgan fingerprint density at radius 2 is 1.85 bits per heavy atom. The molecule has 0 heterocycles. The van der Waals surface area contributed by atoms with E-state index in [2.05, 4.69) is 31.8 Å². The van der Waals surface area contributed by atoms with Crippen molar-refractivity contribution in [1.82, 2.24) is 10.7 Å². The predicted molar refractivity (Wildman–Crippen MR) is 109 cm³/mol. The average Bonchev–Trinajstić information content (AvgIpc) is 2.62. The van der Waals surface area contributed by atoms with E-state index in [0.717, 1.165) is 4.47 Å². The van der Waals surface area contributed by atoms with Crippen LogP contribution in [-0.2, 0) is 4.79 Å². The summed E-state index contributed by atoms with van der Waals surface area (Å²) in [5, 5.41) is 16.9. The van der Waals surface area contributed by atoms with E-state index in [0.29, 0.717) is 16.1 Å². The lowest BCUT2D eigenvalue weighted by Crippen LogP contribution is -2.48. The number of amides is 2. The molecule has 0 radical (unpaired) electrons. The van der Waals surface area contributed by atoms with E-state index in [1.54, 1.807) is 36.4 Å². The molecule has 0 aliphatic heterocycles. The first-order valence-corrected chi connectivity index (χ1v) is 9.33. The van der Waals surface area contributed by atoms with Gasteiger partial charge in [0.25, 0.3) is 11.8 Å². The van der Waals surface area contributed by atoms with Crippen molar-refractivity contribution < 1.29 is 14.7 Å². The highest BCUT2D eigenvalue weighted by atomic mass is 79.9. The van der Waals surface area contributed by atoms with Gasteiger partial charge in [0, 0.05) is 20.6 Å². The van der Waals surface area contributed by atoms with Gasteiger partial charge in [0.1, 0.15) is 11.8 Å². The minimum absolute atomic E-state index is 0.0349. The zero-order valence-electron chi connectivity index (χ0n) is 14.7. The predicted octanol–water partition coefficient (Wildman–Crippen LogP) is 3.71. The lowest BCUT2D eigenvalue weighted by molar-refractivity contribution is -0.123. The van der Waals surface area contributed by atoms with Crippen molar-refractivity contribution in [3.8, 4) is 5.75 Å². The molecule has 3 N–H and O–H groups in total. The van der Waals surface area contributed by atoms with Crippen molar-refractivity contribution in [1.29, 1.82) is 0 Å². The molecule has 2 rings (SSSR count). The number of hydrogen-bond donors (Lipinski definition) is 3. The topological polar surface area (TPSA) is 90.8 Å². The van der Waals surface area contributed by atoms with Gasteiger partial charge in [-0.05, 0) is 48.4 Å². The number of halogens is 2. The zero-order chi connectivity index (χ0) is 20.0. The van der Waals surface area contributed by atoms with Gasteiger partial charge in [-0.25, -0.2) is 5.43 Å². The Morgan fingerprint density at radius 3 is 2.48 bits per heavy atom. The van der Waals surface area contributed by atoms with E-state index >= 15 is 0 Å². The van der Waals surface area contributed by atoms with E-state index < -0.39 is 11.9 Å². The van der Waals surface area contributed by atoms with Crippen LogP contribution < -0.4 is 10.7 Å². The fraction of sp³-hybridized carbons (Fsp3) is 0.211. The number of phenolic OH excluding ortho intramolecular Hbond substituents is 1. The smallest absolute Gasteiger partial charge is 0.262 e. The number of nitrogens with one attached hydrogen (secondary N) is 2. The molecule has 1 atom stereocenters. The summed E-state index contributed by atoms with van der Waals surface area (Å²) >= 11 is 9.12. The van der Waals surface area contributed by atoms with Crippen LogP contribution >= 0.6 is 27.5 Å². The fourth-order valence-corrected chi connectivity index (χ4v) is 2.73. The summed E-state index contributed by atoms with van der Waals surface area (Å²) in [5.74, 6) is -0.962. The van der Waals surface area contributed by atoms with Crippen LogP contribution in [0.25, 0.3) is 0 Å². The molecule has 2 amide bonds. The van der Waals surface area contributed by atoms with Gasteiger partial charge in [0.2, 0.25) is 0 Å². The number of carbonyl (C=O) groups is 2. The first-order valence-electron chi connectivity index (χ1n) is 8.16. The van der Waals surface area contributed by atoms with Gasteiger partial charge in [-0.2, -0.15) is 5.10 Å². The second-order valence-electron chi connectivity index (χ2n) is 6.14. The molecule has 8 heteroatoms. The van der Waals surface area contributed by atoms with Gasteiger partial charge in [-0.3, -0.25) is 9.59 Å². The van der Waals surface area contributed by atoms with Crippen molar-refractivity contribution in [2.45, 2.75) is 19.9 Å². The van der Waals surface area contributed by atoms with Crippen molar-refractivity contribution in [3.63, 3.8) is 0 Å². The second-order valence-corrected chi connectivity index (χ2v) is 7.49. The van der Waals surface area contributed by atoms with Gasteiger partial charge in [0.05, 0.1) is 6.21 Å². The van der Waals surface area contributed by atoms with Crippen LogP contribution in [0.5, 0.6) is 5.75 Å². The number of carbonyl (C=O) groups excluding carboxylic acids is 2. The third kappa shape index (κ3) is 6.08. The molecule has 0 aliphatic rings. The number of hydrazone groups is 1. The highest BCUT2D eigenvalue weighted by molar-refractivity contribution is 9.10. The summed E-state index contributed by atoms with van der Waals surface area (Å²) in [5.41, 5.74) is 3.24. The van der Waals surface area contributed by atoms with Crippen LogP contribution in [0.15, 0.2) is 52.0 Å². The second kappa shape index (κ2) is 9.53. The number of nitrogens with zero attached hydrogens (tertiary/aromatic N) is 1. The molecule has 0 fully saturated rings. The summed E-state index contributed by atoms with van der Waals surface area (Å²) < 4.78 is 0.767. The minimum Gasteiger partial charge on any atom is -0.507 e. The molecule has 2 aromatic carbocycles. The molecule has 27 heavy (non-hydrogen) atoms. The molecule has 1 unspecified atom stereocenters. The molecule has 0 spiro atoms. The molecule has 0 aromatic heterocycles. The maximum Gasteiger partial charge on any atom is 0.262 e. The summed E-state index contributed by atoms with van der Waals surface area (Å²) in [6.07, 6.45) is 1.33. The summed E-state index contributed by atoms with van der Waals surface area (Å²) in [6.45, 7) is 3.63. The Bertz CT molecular complexity index is 854. The average molecular weight is 453 g/mol. The number of hydrogen-bond acceptors (Lipinski definition) is 4. The van der Waals surface area contributed by atoms with Crippen LogP contribution in [-0.4, -0.2) is 29.2 Å². The van der Waals surface area contributed by atoms with E-state index in [-0.39, 0.29) is 17.6 Å². The summed E-state index contributed by atoms with van der Waals surface area (Å²) in [6, 6.07) is 10.5. The maximum atomic E-state index is 12.4. The van der Waals surface area contributed by atoms with Crippen LogP contribution in [0.3, 0.4) is 0 Å². The Morgan fingerprint density at radius 1 is 1.19 bits per heavy atom. The number of phenols is 1. The molecular formula is C19H19BrClN3O3. The van der Waals surface area contributed by atoms with Crippen molar-refractivity contribution in [2.24, 2.45) is 11.0 Å². The first-order chi connectivity index (χ1) is 12.8. The van der Waals surface area contributed by atoms with Crippen molar-refractivity contribution in [3.05, 3.63) is 63.1 Å². The van der Waals surface area contributed by atoms with Crippen LogP contribution in [0.1, 0.15) is 29.8 Å². The van der Waals surface area contributed by atoms with Gasteiger partial charge in [-0.1, -0.05) is 41.4 Å². The number of aromatic hydroxyl groups is 1. The molecule has 0 aliphatic carbocycles. The quantitative estimate of drug-likeness (QED) is 0.461. The minimum atomic E-state index is -0.776. The lowest BCUT2D eigenvalue weighted by Gasteiger charge is -2.20. The number of benzene rings is 2. The van der Waals surface area contributed by atoms with E-state index in [9.17, 15) is 14.7 Å². The van der Waals surface area contributed by atoms with Gasteiger partial charge >= 0.3 is 0 Å². The van der Waals surface area contributed by atoms with Gasteiger partial charge in [-0.15, -0.1) is 0 Å². The molecular weight excluding hydrogens is 434 g/mol. The lowest BCUT2D eigenvalue weighted by atomic mass is 10.0. The van der Waals surface area contributed by atoms with Gasteiger partial charge < -0.3 is 10.4 Å². The van der Waals surface area contributed by atoms with E-state index in [4.69, 9.17) is 11.6 Å². The molecule has 0 saturated heterocycles. The van der Waals surface area contributed by atoms with E-state index in [1.165, 1.54) is 12.3 Å².